The Morgan fingerprint density at radius 2 is 2.05 bits per heavy atom. The fraction of sp³-hybridized carbons (Fsp3) is 0.467. The number of carboxylic acids is 1. The van der Waals surface area contributed by atoms with Crippen molar-refractivity contribution in [2.45, 2.75) is 13.0 Å². The second-order valence-corrected chi connectivity index (χ2v) is 5.23. The summed E-state index contributed by atoms with van der Waals surface area (Å²) in [7, 11) is 1.46. The van der Waals surface area contributed by atoms with Crippen LogP contribution in [0.5, 0.6) is 0 Å². The molecule has 1 fully saturated rings. The van der Waals surface area contributed by atoms with E-state index in [1.165, 1.54) is 12.0 Å². The first-order valence-corrected chi connectivity index (χ1v) is 6.75. The predicted molar refractivity (Wildman–Crippen MR) is 74.8 cm³/mol. The molecular weight excluding hydrogens is 274 g/mol. The molecule has 1 amide bonds. The summed E-state index contributed by atoms with van der Waals surface area (Å²) in [4.78, 5) is 24.8. The molecule has 6 nitrogen and oxygen atoms in total. The number of carboxylic acid groups (broad SMARTS) is 1. The molecule has 1 heterocycles. The monoisotopic (exact) mass is 293 g/mol. The molecule has 0 bridgehead atoms. The third-order valence-corrected chi connectivity index (χ3v) is 3.69. The lowest BCUT2D eigenvalue weighted by molar-refractivity contribution is -0.151. The minimum absolute atomic E-state index is 0.0881. The fourth-order valence-electron chi connectivity index (χ4n) is 2.47. The van der Waals surface area contributed by atoms with E-state index < -0.39 is 17.5 Å². The summed E-state index contributed by atoms with van der Waals surface area (Å²) in [5.41, 5.74) is -0.132. The number of amides is 1. The van der Waals surface area contributed by atoms with E-state index in [9.17, 15) is 14.7 Å². The number of carbonyl (C=O) groups excluding carboxylic acids is 1. The number of carbonyl (C=O) groups is 2. The van der Waals surface area contributed by atoms with Gasteiger partial charge in [-0.05, 0) is 12.0 Å². The maximum absolute atomic E-state index is 12.0. The molecule has 1 atom stereocenters. The molecule has 1 aromatic rings. The van der Waals surface area contributed by atoms with Crippen molar-refractivity contribution in [2.24, 2.45) is 5.41 Å². The Morgan fingerprint density at radius 3 is 2.67 bits per heavy atom. The number of nitrogens with zero attached hydrogens (tertiary/aromatic N) is 1. The van der Waals surface area contributed by atoms with Crippen LogP contribution in [0, 0.1) is 5.41 Å². The zero-order chi connectivity index (χ0) is 15.3. The fourth-order valence-corrected chi connectivity index (χ4v) is 2.47. The van der Waals surface area contributed by atoms with Crippen molar-refractivity contribution in [1.29, 1.82) is 0 Å². The summed E-state index contributed by atoms with van der Waals surface area (Å²) in [5.74, 6) is -0.942. The molecule has 0 aromatic heterocycles. The summed E-state index contributed by atoms with van der Waals surface area (Å²) < 4.78 is 10.2. The van der Waals surface area contributed by atoms with Gasteiger partial charge in [-0.1, -0.05) is 30.3 Å². The van der Waals surface area contributed by atoms with Crippen LogP contribution in [0.25, 0.3) is 0 Å². The van der Waals surface area contributed by atoms with Gasteiger partial charge in [0.1, 0.15) is 12.0 Å². The molecule has 21 heavy (non-hydrogen) atoms. The molecule has 2 rings (SSSR count). The molecule has 0 unspecified atom stereocenters. The van der Waals surface area contributed by atoms with Gasteiger partial charge in [0.05, 0.1) is 6.61 Å². The van der Waals surface area contributed by atoms with Crippen molar-refractivity contribution >= 4 is 12.1 Å². The highest BCUT2D eigenvalue weighted by Gasteiger charge is 2.46. The molecule has 0 radical (unpaired) electrons. The first-order chi connectivity index (χ1) is 10.1. The van der Waals surface area contributed by atoms with Crippen molar-refractivity contribution in [3.63, 3.8) is 0 Å². The van der Waals surface area contributed by atoms with E-state index >= 15 is 0 Å². The molecule has 0 saturated carbocycles. The smallest absolute Gasteiger partial charge is 0.410 e. The van der Waals surface area contributed by atoms with E-state index in [0.29, 0.717) is 13.0 Å². The van der Waals surface area contributed by atoms with Crippen LogP contribution in [0.3, 0.4) is 0 Å². The first kappa shape index (κ1) is 15.3. The van der Waals surface area contributed by atoms with Crippen LogP contribution in [0.4, 0.5) is 4.79 Å². The molecule has 0 aliphatic carbocycles. The van der Waals surface area contributed by atoms with Gasteiger partial charge in [-0.2, -0.15) is 0 Å². The van der Waals surface area contributed by atoms with Gasteiger partial charge in [0.2, 0.25) is 0 Å². The number of likely N-dealkylation sites (tertiary alicyclic amines) is 1. The zero-order valence-electron chi connectivity index (χ0n) is 11.9. The van der Waals surface area contributed by atoms with Crippen molar-refractivity contribution in [3.8, 4) is 0 Å². The first-order valence-electron chi connectivity index (χ1n) is 6.75. The van der Waals surface area contributed by atoms with E-state index in [-0.39, 0.29) is 19.8 Å². The summed E-state index contributed by atoms with van der Waals surface area (Å²) in [5, 5.41) is 9.34. The number of aliphatic carboxylic acids is 1. The topological polar surface area (TPSA) is 76.1 Å². The molecule has 6 heteroatoms. The summed E-state index contributed by atoms with van der Waals surface area (Å²) in [6.07, 6.45) is -0.116. The third kappa shape index (κ3) is 3.52. The van der Waals surface area contributed by atoms with Crippen LogP contribution < -0.4 is 0 Å². The standard InChI is InChI=1S/C15H19NO5/c1-20-11-15(13(17)18)7-8-16(10-15)14(19)21-9-12-5-3-2-4-6-12/h2-6H,7-11H2,1H3,(H,17,18)/t15-/m0/s1. The second kappa shape index (κ2) is 6.58. The van der Waals surface area contributed by atoms with Gasteiger partial charge in [-0.3, -0.25) is 4.79 Å². The van der Waals surface area contributed by atoms with Crippen molar-refractivity contribution in [1.82, 2.24) is 4.90 Å². The third-order valence-electron chi connectivity index (χ3n) is 3.69. The van der Waals surface area contributed by atoms with Gasteiger partial charge in [-0.25, -0.2) is 4.79 Å². The summed E-state index contributed by atoms with van der Waals surface area (Å²) in [6, 6.07) is 9.35. The Balaban J connectivity index is 1.91. The van der Waals surface area contributed by atoms with Crippen LogP contribution in [0.2, 0.25) is 0 Å². The Labute approximate surface area is 123 Å². The quantitative estimate of drug-likeness (QED) is 0.895. The van der Waals surface area contributed by atoms with Crippen LogP contribution >= 0.6 is 0 Å². The average molecular weight is 293 g/mol. The Hall–Kier alpha value is -2.08. The molecule has 1 aliphatic rings. The predicted octanol–water partition coefficient (Wildman–Crippen LogP) is 1.75. The number of hydrogen-bond donors (Lipinski definition) is 1. The minimum atomic E-state index is -1.03. The largest absolute Gasteiger partial charge is 0.481 e. The van der Waals surface area contributed by atoms with Crippen LogP contribution in [0.1, 0.15) is 12.0 Å². The second-order valence-electron chi connectivity index (χ2n) is 5.23. The van der Waals surface area contributed by atoms with Gasteiger partial charge in [0, 0.05) is 20.2 Å². The van der Waals surface area contributed by atoms with E-state index in [1.54, 1.807) is 0 Å². The molecule has 1 aromatic carbocycles. The number of ether oxygens (including phenoxy) is 2. The van der Waals surface area contributed by atoms with E-state index in [1.807, 2.05) is 30.3 Å². The van der Waals surface area contributed by atoms with Crippen LogP contribution in [-0.2, 0) is 20.9 Å². The molecule has 1 aliphatic heterocycles. The lowest BCUT2D eigenvalue weighted by Gasteiger charge is -2.23. The van der Waals surface area contributed by atoms with Crippen LogP contribution in [0.15, 0.2) is 30.3 Å². The Kier molecular flexibility index (Phi) is 4.80. The van der Waals surface area contributed by atoms with Gasteiger partial charge in [0.15, 0.2) is 0 Å². The maximum atomic E-state index is 12.0. The van der Waals surface area contributed by atoms with Crippen molar-refractivity contribution < 1.29 is 24.2 Å². The van der Waals surface area contributed by atoms with Gasteiger partial charge in [-0.15, -0.1) is 0 Å². The van der Waals surface area contributed by atoms with Crippen LogP contribution in [-0.4, -0.2) is 48.9 Å². The SMILES string of the molecule is COC[C@]1(C(=O)O)CCN(C(=O)OCc2ccccc2)C1. The van der Waals surface area contributed by atoms with E-state index in [2.05, 4.69) is 0 Å². The summed E-state index contributed by atoms with van der Waals surface area (Å²) in [6.45, 7) is 0.748. The molecule has 1 saturated heterocycles. The zero-order valence-corrected chi connectivity index (χ0v) is 11.9. The highest BCUT2D eigenvalue weighted by atomic mass is 16.6. The molecule has 114 valence electrons. The average Bonchev–Trinajstić information content (AvgIpc) is 2.92. The molecular formula is C15H19NO5. The number of hydrogen-bond acceptors (Lipinski definition) is 4. The van der Waals surface area contributed by atoms with E-state index in [0.717, 1.165) is 5.56 Å². The maximum Gasteiger partial charge on any atom is 0.410 e. The lowest BCUT2D eigenvalue weighted by Crippen LogP contribution is -2.40. The van der Waals surface area contributed by atoms with Crippen molar-refractivity contribution in [3.05, 3.63) is 35.9 Å². The summed E-state index contributed by atoms with van der Waals surface area (Å²) >= 11 is 0. The number of benzene rings is 1. The Morgan fingerprint density at radius 1 is 1.33 bits per heavy atom. The Bertz CT molecular complexity index is 504. The molecule has 0 spiro atoms. The molecule has 1 N–H and O–H groups in total. The van der Waals surface area contributed by atoms with Gasteiger partial charge in [0.25, 0.3) is 0 Å². The highest BCUT2D eigenvalue weighted by molar-refractivity contribution is 5.78. The number of rotatable bonds is 5. The van der Waals surface area contributed by atoms with E-state index in [4.69, 9.17) is 9.47 Å². The van der Waals surface area contributed by atoms with Gasteiger partial charge < -0.3 is 19.5 Å². The van der Waals surface area contributed by atoms with Gasteiger partial charge >= 0.3 is 12.1 Å². The lowest BCUT2D eigenvalue weighted by atomic mass is 9.88. The minimum Gasteiger partial charge on any atom is -0.481 e. The van der Waals surface area contributed by atoms with Crippen molar-refractivity contribution in [2.75, 3.05) is 26.8 Å². The normalized spacial score (nSPS) is 21.3. The number of methoxy groups -OCH3 is 1. The highest BCUT2D eigenvalue weighted by Crippen LogP contribution is 2.31.